The molecule has 4 N–H and O–H groups in total. The van der Waals surface area contributed by atoms with Crippen LogP contribution < -0.4 is 5.43 Å². The van der Waals surface area contributed by atoms with Crippen LogP contribution in [0, 0.1) is 0 Å². The lowest BCUT2D eigenvalue weighted by Gasteiger charge is -2.11. The van der Waals surface area contributed by atoms with Gasteiger partial charge in [-0.25, -0.2) is 4.79 Å². The number of phenols is 3. The van der Waals surface area contributed by atoms with Gasteiger partial charge in [-0.1, -0.05) is 32.6 Å². The Morgan fingerprint density at radius 1 is 0.903 bits per heavy atom. The number of hydrogen-bond donors (Lipinski definition) is 4. The predicted molar refractivity (Wildman–Crippen MR) is 116 cm³/mol. The molecule has 3 rings (SSSR count). The van der Waals surface area contributed by atoms with Gasteiger partial charge in [0.15, 0.2) is 5.43 Å². The van der Waals surface area contributed by atoms with Crippen molar-refractivity contribution in [3.63, 3.8) is 0 Å². The molecule has 1 aromatic heterocycles. The molecule has 1 heterocycles. The lowest BCUT2D eigenvalue weighted by atomic mass is 9.99. The molecule has 0 aliphatic heterocycles. The van der Waals surface area contributed by atoms with Gasteiger partial charge < -0.3 is 24.8 Å². The average molecular weight is 426 g/mol. The lowest BCUT2D eigenvalue weighted by molar-refractivity contribution is 0.0692. The predicted octanol–water partition coefficient (Wildman–Crippen LogP) is 4.71. The van der Waals surface area contributed by atoms with Gasteiger partial charge in [0, 0.05) is 24.6 Å². The maximum Gasteiger partial charge on any atom is 0.339 e. The molecule has 0 amide bonds. The molecule has 0 bridgehead atoms. The summed E-state index contributed by atoms with van der Waals surface area (Å²) >= 11 is 0. The van der Waals surface area contributed by atoms with E-state index >= 15 is 0 Å². The molecule has 0 atom stereocenters. The number of carboxylic acid groups (broad SMARTS) is 1. The summed E-state index contributed by atoms with van der Waals surface area (Å²) < 4.78 is 5.81. The summed E-state index contributed by atoms with van der Waals surface area (Å²) in [5, 5.41) is 39.5. The second kappa shape index (κ2) is 9.55. The summed E-state index contributed by atoms with van der Waals surface area (Å²) in [6, 6.07) is 6.37. The average Bonchev–Trinajstić information content (AvgIpc) is 2.66. The van der Waals surface area contributed by atoms with Gasteiger partial charge in [0.25, 0.3) is 0 Å². The molecule has 0 spiro atoms. The molecule has 0 radical (unpaired) electrons. The van der Waals surface area contributed by atoms with E-state index in [0.717, 1.165) is 38.2 Å². The minimum atomic E-state index is -1.36. The summed E-state index contributed by atoms with van der Waals surface area (Å²) in [7, 11) is 0. The van der Waals surface area contributed by atoms with Gasteiger partial charge in [0.05, 0.1) is 5.39 Å². The zero-order valence-corrected chi connectivity index (χ0v) is 17.4. The zero-order chi connectivity index (χ0) is 22.5. The number of aromatic carboxylic acids is 1. The number of hydrogen-bond acceptors (Lipinski definition) is 6. The van der Waals surface area contributed by atoms with Crippen molar-refractivity contribution in [3.05, 3.63) is 63.0 Å². The number of aryl methyl sites for hydroxylation is 1. The second-order valence-corrected chi connectivity index (χ2v) is 7.70. The van der Waals surface area contributed by atoms with E-state index in [1.54, 1.807) is 6.07 Å². The molecule has 0 saturated carbocycles. The van der Waals surface area contributed by atoms with E-state index in [1.807, 2.05) is 0 Å². The van der Waals surface area contributed by atoms with Gasteiger partial charge in [-0.15, -0.1) is 0 Å². The van der Waals surface area contributed by atoms with Crippen LogP contribution in [-0.4, -0.2) is 26.4 Å². The second-order valence-electron chi connectivity index (χ2n) is 7.70. The van der Waals surface area contributed by atoms with Crippen molar-refractivity contribution < 1.29 is 29.6 Å². The Morgan fingerprint density at radius 2 is 1.58 bits per heavy atom. The number of carboxylic acids is 1. The minimum absolute atomic E-state index is 0.0161. The normalized spacial score (nSPS) is 11.1. The SMILES string of the molecule is CCCCCCCc1cc(O)cc2oc(Cc3cc(O)cc(O)c3C(=O)O)cc(=O)c12. The fourth-order valence-electron chi connectivity index (χ4n) is 3.85. The number of carbonyl (C=O) groups is 1. The van der Waals surface area contributed by atoms with Crippen LogP contribution in [-0.2, 0) is 12.8 Å². The van der Waals surface area contributed by atoms with Crippen molar-refractivity contribution in [1.29, 1.82) is 0 Å². The van der Waals surface area contributed by atoms with Crippen LogP contribution in [0.3, 0.4) is 0 Å². The molecule has 0 unspecified atom stereocenters. The van der Waals surface area contributed by atoms with Crippen molar-refractivity contribution >= 4 is 16.9 Å². The van der Waals surface area contributed by atoms with Crippen molar-refractivity contribution in [2.45, 2.75) is 51.9 Å². The highest BCUT2D eigenvalue weighted by molar-refractivity contribution is 5.93. The summed E-state index contributed by atoms with van der Waals surface area (Å²) in [6.07, 6.45) is 5.86. The van der Waals surface area contributed by atoms with Gasteiger partial charge in [-0.05, 0) is 36.1 Å². The third kappa shape index (κ3) is 5.17. The van der Waals surface area contributed by atoms with Gasteiger partial charge >= 0.3 is 5.97 Å². The quantitative estimate of drug-likeness (QED) is 0.365. The fourth-order valence-corrected chi connectivity index (χ4v) is 3.85. The van der Waals surface area contributed by atoms with Crippen molar-refractivity contribution in [2.75, 3.05) is 0 Å². The Balaban J connectivity index is 1.97. The van der Waals surface area contributed by atoms with Crippen LogP contribution >= 0.6 is 0 Å². The smallest absolute Gasteiger partial charge is 0.339 e. The summed E-state index contributed by atoms with van der Waals surface area (Å²) in [5.41, 5.74) is 0.370. The fraction of sp³-hybridized carbons (Fsp3) is 0.333. The van der Waals surface area contributed by atoms with Gasteiger partial charge in [-0.2, -0.15) is 0 Å². The van der Waals surface area contributed by atoms with Crippen LogP contribution in [0.1, 0.15) is 66.3 Å². The van der Waals surface area contributed by atoms with E-state index in [2.05, 4.69) is 6.92 Å². The Kier molecular flexibility index (Phi) is 6.84. The first-order chi connectivity index (χ1) is 14.8. The molecule has 3 aromatic rings. The summed E-state index contributed by atoms with van der Waals surface area (Å²) in [5.74, 6) is -2.10. The first-order valence-corrected chi connectivity index (χ1v) is 10.4. The highest BCUT2D eigenvalue weighted by Crippen LogP contribution is 2.30. The molecule has 2 aromatic carbocycles. The van der Waals surface area contributed by atoms with Gasteiger partial charge in [0.1, 0.15) is 34.2 Å². The first-order valence-electron chi connectivity index (χ1n) is 10.4. The third-order valence-corrected chi connectivity index (χ3v) is 5.26. The maximum absolute atomic E-state index is 12.9. The molecule has 0 aliphatic rings. The van der Waals surface area contributed by atoms with Crippen molar-refractivity contribution in [3.8, 4) is 17.2 Å². The number of rotatable bonds is 9. The van der Waals surface area contributed by atoms with E-state index in [9.17, 15) is 30.0 Å². The number of phenolic OH excluding ortho intramolecular Hbond substituents is 2. The standard InChI is InChI=1S/C24H26O7/c1-2-3-4-5-6-7-14-8-17(26)12-21-22(14)20(28)13-18(31-21)10-15-9-16(25)11-19(27)23(15)24(29)30/h8-9,11-13,25-27H,2-7,10H2,1H3,(H,29,30). The van der Waals surface area contributed by atoms with E-state index in [0.29, 0.717) is 17.4 Å². The minimum Gasteiger partial charge on any atom is -0.508 e. The third-order valence-electron chi connectivity index (χ3n) is 5.26. The van der Waals surface area contributed by atoms with Crippen molar-refractivity contribution in [2.24, 2.45) is 0 Å². The number of aromatic hydroxyl groups is 3. The molecular formula is C24H26O7. The number of fused-ring (bicyclic) bond motifs is 1. The Hall–Kier alpha value is -3.48. The topological polar surface area (TPSA) is 128 Å². The first kappa shape index (κ1) is 22.2. The molecule has 31 heavy (non-hydrogen) atoms. The van der Waals surface area contributed by atoms with Crippen LogP contribution in [0.2, 0.25) is 0 Å². The lowest BCUT2D eigenvalue weighted by Crippen LogP contribution is -2.08. The van der Waals surface area contributed by atoms with E-state index in [-0.39, 0.29) is 45.8 Å². The Bertz CT molecular complexity index is 1160. The largest absolute Gasteiger partial charge is 0.508 e. The molecule has 164 valence electrons. The number of unbranched alkanes of at least 4 members (excludes halogenated alkanes) is 4. The summed E-state index contributed by atoms with van der Waals surface area (Å²) in [6.45, 7) is 2.14. The van der Waals surface area contributed by atoms with Gasteiger partial charge in [0.2, 0.25) is 0 Å². The molecular weight excluding hydrogens is 400 g/mol. The molecule has 7 heteroatoms. The Morgan fingerprint density at radius 3 is 2.29 bits per heavy atom. The summed E-state index contributed by atoms with van der Waals surface area (Å²) in [4.78, 5) is 24.4. The zero-order valence-electron chi connectivity index (χ0n) is 17.4. The molecule has 7 nitrogen and oxygen atoms in total. The van der Waals surface area contributed by atoms with Crippen LogP contribution in [0.25, 0.3) is 11.0 Å². The van der Waals surface area contributed by atoms with Crippen LogP contribution in [0.15, 0.2) is 39.5 Å². The van der Waals surface area contributed by atoms with E-state index in [4.69, 9.17) is 4.42 Å². The monoisotopic (exact) mass is 426 g/mol. The highest BCUT2D eigenvalue weighted by atomic mass is 16.4. The molecule has 0 aliphatic carbocycles. The molecule has 0 saturated heterocycles. The van der Waals surface area contributed by atoms with Crippen LogP contribution in [0.5, 0.6) is 17.2 Å². The van der Waals surface area contributed by atoms with E-state index in [1.165, 1.54) is 18.2 Å². The Labute approximate surface area is 179 Å². The maximum atomic E-state index is 12.9. The van der Waals surface area contributed by atoms with Crippen molar-refractivity contribution in [1.82, 2.24) is 0 Å². The molecule has 0 fully saturated rings. The van der Waals surface area contributed by atoms with E-state index < -0.39 is 11.7 Å². The number of benzene rings is 2. The highest BCUT2D eigenvalue weighted by Gasteiger charge is 2.19. The van der Waals surface area contributed by atoms with Crippen LogP contribution in [0.4, 0.5) is 0 Å². The van der Waals surface area contributed by atoms with Gasteiger partial charge in [-0.3, -0.25) is 4.79 Å².